The highest BCUT2D eigenvalue weighted by Crippen LogP contribution is 2.24. The second-order valence-electron chi connectivity index (χ2n) is 8.37. The number of hydrogen-bond donors (Lipinski definition) is 3. The lowest BCUT2D eigenvalue weighted by Gasteiger charge is -2.09. The second-order valence-corrected chi connectivity index (χ2v) is 10.2. The topological polar surface area (TPSA) is 119 Å². The van der Waals surface area contributed by atoms with Gasteiger partial charge in [-0.05, 0) is 41.3 Å². The molecular formula is C28H24BrN7O2S. The smallest absolute Gasteiger partial charge is 0.264 e. The first-order valence-electron chi connectivity index (χ1n) is 11.9. The number of rotatable bonds is 10. The van der Waals surface area contributed by atoms with E-state index in [1.165, 1.54) is 16.4 Å². The number of anilines is 2. The van der Waals surface area contributed by atoms with E-state index in [9.17, 15) is 4.79 Å². The van der Waals surface area contributed by atoms with Crippen molar-refractivity contribution in [3.05, 3.63) is 107 Å². The van der Waals surface area contributed by atoms with Gasteiger partial charge in [-0.2, -0.15) is 5.10 Å². The Hall–Kier alpha value is -4.35. The zero-order valence-electron chi connectivity index (χ0n) is 20.6. The van der Waals surface area contributed by atoms with Gasteiger partial charge in [-0.15, -0.1) is 10.2 Å². The Labute approximate surface area is 237 Å². The van der Waals surface area contributed by atoms with E-state index in [2.05, 4.69) is 42.0 Å². The van der Waals surface area contributed by atoms with Crippen molar-refractivity contribution in [3.63, 3.8) is 0 Å². The van der Waals surface area contributed by atoms with Crippen molar-refractivity contribution >= 4 is 62.2 Å². The number of thioether (sulfide) groups is 1. The minimum atomic E-state index is -0.175. The number of nitrogen functional groups attached to an aromatic ring is 1. The van der Waals surface area contributed by atoms with Gasteiger partial charge in [-0.1, -0.05) is 88.4 Å². The molecule has 0 aliphatic rings. The van der Waals surface area contributed by atoms with Gasteiger partial charge in [-0.3, -0.25) is 4.79 Å². The van der Waals surface area contributed by atoms with Crippen LogP contribution >= 0.6 is 27.7 Å². The highest BCUT2D eigenvalue weighted by Gasteiger charge is 2.13. The fraction of sp³-hybridized carbons (Fsp3) is 0.0714. The van der Waals surface area contributed by atoms with Crippen LogP contribution in [-0.2, 0) is 11.4 Å². The Balaban J connectivity index is 1.16. The summed E-state index contributed by atoms with van der Waals surface area (Å²) in [6.07, 6.45) is 1.62. The predicted octanol–water partition coefficient (Wildman–Crippen LogP) is 5.66. The normalized spacial score (nSPS) is 11.1. The van der Waals surface area contributed by atoms with E-state index in [-0.39, 0.29) is 17.6 Å². The molecular weight excluding hydrogens is 578 g/mol. The monoisotopic (exact) mass is 601 g/mol. The summed E-state index contributed by atoms with van der Waals surface area (Å²) < 4.78 is 8.24. The van der Waals surface area contributed by atoms with Crippen LogP contribution in [0, 0.1) is 0 Å². The predicted molar refractivity (Wildman–Crippen MR) is 160 cm³/mol. The van der Waals surface area contributed by atoms with Crippen LogP contribution in [0.15, 0.2) is 106 Å². The summed E-state index contributed by atoms with van der Waals surface area (Å²) in [5, 5.41) is 17.7. The van der Waals surface area contributed by atoms with Crippen LogP contribution in [-0.4, -0.2) is 32.7 Å². The van der Waals surface area contributed by atoms with Crippen molar-refractivity contribution in [2.24, 2.45) is 5.10 Å². The molecule has 0 radical (unpaired) electrons. The fourth-order valence-electron chi connectivity index (χ4n) is 3.77. The summed E-state index contributed by atoms with van der Waals surface area (Å²) >= 11 is 4.65. The third kappa shape index (κ3) is 6.75. The van der Waals surface area contributed by atoms with E-state index in [4.69, 9.17) is 10.6 Å². The van der Waals surface area contributed by atoms with Gasteiger partial charge in [0.15, 0.2) is 0 Å². The number of ether oxygens (including phenoxy) is 1. The first-order chi connectivity index (χ1) is 19.1. The molecule has 0 spiro atoms. The Kier molecular flexibility index (Phi) is 8.39. The summed E-state index contributed by atoms with van der Waals surface area (Å²) in [6.45, 7) is 0.420. The maximum absolute atomic E-state index is 12.6. The maximum atomic E-state index is 12.6. The van der Waals surface area contributed by atoms with Crippen LogP contribution < -0.4 is 21.3 Å². The van der Waals surface area contributed by atoms with Crippen molar-refractivity contribution in [1.82, 2.24) is 14.9 Å². The number of amides is 1. The Morgan fingerprint density at radius 3 is 2.72 bits per heavy atom. The van der Waals surface area contributed by atoms with Crippen molar-refractivity contribution in [2.45, 2.75) is 11.8 Å². The minimum Gasteiger partial charge on any atom is -0.488 e. The molecule has 0 fully saturated rings. The van der Waals surface area contributed by atoms with E-state index < -0.39 is 0 Å². The number of aromatic nitrogens is 3. The molecule has 5 rings (SSSR count). The zero-order chi connectivity index (χ0) is 27.0. The lowest BCUT2D eigenvalue weighted by molar-refractivity contribution is -0.113. The third-order valence-electron chi connectivity index (χ3n) is 5.63. The molecule has 11 heteroatoms. The quantitative estimate of drug-likeness (QED) is 0.0817. The van der Waals surface area contributed by atoms with Crippen molar-refractivity contribution in [2.75, 3.05) is 22.3 Å². The Morgan fingerprint density at radius 1 is 1.03 bits per heavy atom. The molecule has 1 amide bonds. The molecule has 0 atom stereocenters. The van der Waals surface area contributed by atoms with E-state index in [1.54, 1.807) is 6.21 Å². The van der Waals surface area contributed by atoms with E-state index in [0.29, 0.717) is 17.5 Å². The first-order valence-corrected chi connectivity index (χ1v) is 13.7. The molecule has 39 heavy (non-hydrogen) atoms. The van der Waals surface area contributed by atoms with Gasteiger partial charge in [-0.25, -0.2) is 10.1 Å². The zero-order valence-corrected chi connectivity index (χ0v) is 23.0. The molecule has 4 N–H and O–H groups in total. The minimum absolute atomic E-state index is 0.116. The van der Waals surface area contributed by atoms with Crippen LogP contribution in [0.3, 0.4) is 0 Å². The highest BCUT2D eigenvalue weighted by atomic mass is 79.9. The van der Waals surface area contributed by atoms with Crippen molar-refractivity contribution in [3.8, 4) is 5.75 Å². The number of fused-ring (bicyclic) bond motifs is 1. The van der Waals surface area contributed by atoms with Gasteiger partial charge in [0.1, 0.15) is 12.4 Å². The van der Waals surface area contributed by atoms with Gasteiger partial charge in [0.05, 0.1) is 12.0 Å². The average molecular weight is 603 g/mol. The maximum Gasteiger partial charge on any atom is 0.264 e. The Bertz CT molecular complexity index is 1630. The van der Waals surface area contributed by atoms with Crippen LogP contribution in [0.1, 0.15) is 11.1 Å². The number of para-hydroxylation sites is 1. The molecule has 4 aromatic carbocycles. The van der Waals surface area contributed by atoms with E-state index in [1.807, 2.05) is 91.0 Å². The van der Waals surface area contributed by atoms with Crippen LogP contribution in [0.2, 0.25) is 0 Å². The second kappa shape index (κ2) is 12.5. The molecule has 1 aromatic heterocycles. The number of nitrogens with two attached hydrogens (primary N) is 1. The summed E-state index contributed by atoms with van der Waals surface area (Å²) in [6, 6.07) is 29.2. The number of nitrogens with one attached hydrogen (secondary N) is 2. The molecule has 5 aromatic rings. The average Bonchev–Trinajstić information content (AvgIpc) is 3.30. The molecule has 0 aliphatic heterocycles. The summed E-state index contributed by atoms with van der Waals surface area (Å²) in [5.74, 6) is 6.98. The first kappa shape index (κ1) is 26.3. The molecule has 0 bridgehead atoms. The van der Waals surface area contributed by atoms with Gasteiger partial charge >= 0.3 is 0 Å². The number of carbonyl (C=O) groups is 1. The van der Waals surface area contributed by atoms with Gasteiger partial charge in [0, 0.05) is 21.1 Å². The molecule has 0 saturated heterocycles. The number of carbonyl (C=O) groups excluding carboxylic acids is 1. The molecule has 196 valence electrons. The molecule has 0 aliphatic carbocycles. The summed E-state index contributed by atoms with van der Waals surface area (Å²) in [4.78, 5) is 12.6. The lowest BCUT2D eigenvalue weighted by Crippen LogP contribution is -2.17. The molecule has 0 unspecified atom stereocenters. The SMILES string of the molecule is Nn1c(N/N=C/c2ccccc2OCc2cccc(Br)c2)nnc1SCC(=O)Nc1cccc2ccccc12. The molecule has 0 saturated carbocycles. The summed E-state index contributed by atoms with van der Waals surface area (Å²) in [7, 11) is 0. The number of hydrogen-bond acceptors (Lipinski definition) is 8. The van der Waals surface area contributed by atoms with Crippen LogP contribution in [0.25, 0.3) is 10.8 Å². The van der Waals surface area contributed by atoms with Crippen molar-refractivity contribution in [1.29, 1.82) is 0 Å². The van der Waals surface area contributed by atoms with Crippen LogP contribution in [0.4, 0.5) is 11.6 Å². The number of benzene rings is 4. The molecule has 1 heterocycles. The Morgan fingerprint density at radius 2 is 1.82 bits per heavy atom. The number of hydrazone groups is 1. The van der Waals surface area contributed by atoms with E-state index in [0.717, 1.165) is 32.1 Å². The molecule has 9 nitrogen and oxygen atoms in total. The standard InChI is InChI=1S/C28H24BrN7O2S/c29-22-11-5-7-19(15-22)17-38-25-14-4-2-9-21(25)16-31-33-27-34-35-28(36(27)30)39-18-26(37)32-24-13-6-10-20-8-1-3-12-23(20)24/h1-16H,17-18,30H2,(H,32,37)(H,33,34)/b31-16+. The van der Waals surface area contributed by atoms with Crippen molar-refractivity contribution < 1.29 is 9.53 Å². The fourth-order valence-corrected chi connectivity index (χ4v) is 4.87. The lowest BCUT2D eigenvalue weighted by atomic mass is 10.1. The summed E-state index contributed by atoms with van der Waals surface area (Å²) in [5.41, 5.74) is 5.37. The number of halogens is 1. The third-order valence-corrected chi connectivity index (χ3v) is 7.07. The van der Waals surface area contributed by atoms with E-state index >= 15 is 0 Å². The van der Waals surface area contributed by atoms with Crippen LogP contribution in [0.5, 0.6) is 5.75 Å². The van der Waals surface area contributed by atoms with Gasteiger partial charge in [0.25, 0.3) is 5.95 Å². The van der Waals surface area contributed by atoms with Gasteiger partial charge in [0.2, 0.25) is 11.1 Å². The highest BCUT2D eigenvalue weighted by molar-refractivity contribution is 9.10. The largest absolute Gasteiger partial charge is 0.488 e. The number of nitrogens with zero attached hydrogens (tertiary/aromatic N) is 4. The van der Waals surface area contributed by atoms with Gasteiger partial charge < -0.3 is 15.9 Å².